The highest BCUT2D eigenvalue weighted by molar-refractivity contribution is 9.10. The molecular weight excluding hydrogens is 1850 g/mol. The van der Waals surface area contributed by atoms with Crippen molar-refractivity contribution >= 4 is 104 Å². The molecule has 0 spiro atoms. The Bertz CT molecular complexity index is 5260. The summed E-state index contributed by atoms with van der Waals surface area (Å²) in [5.74, 6) is 2.77. The van der Waals surface area contributed by atoms with Gasteiger partial charge < -0.3 is 85.1 Å². The third kappa shape index (κ3) is 51.7. The third-order valence-electron chi connectivity index (χ3n) is 15.5. The van der Waals surface area contributed by atoms with Gasteiger partial charge in [-0.2, -0.15) is 24.2 Å². The molecular formula is C90H110B2Br2N10O26S. The zero-order valence-electron chi connectivity index (χ0n) is 74.8. The number of amides is 1. The summed E-state index contributed by atoms with van der Waals surface area (Å²) in [5, 5.41) is 81.4. The van der Waals surface area contributed by atoms with Gasteiger partial charge in [0.2, 0.25) is 0 Å². The summed E-state index contributed by atoms with van der Waals surface area (Å²) >= 11 is 6.27. The maximum absolute atomic E-state index is 11.7. The van der Waals surface area contributed by atoms with E-state index in [-0.39, 0.29) is 28.5 Å². The van der Waals surface area contributed by atoms with Crippen molar-refractivity contribution < 1.29 is 109 Å². The van der Waals surface area contributed by atoms with Crippen LogP contribution in [0.2, 0.25) is 0 Å². The predicted molar refractivity (Wildman–Crippen MR) is 503 cm³/mol. The van der Waals surface area contributed by atoms with Crippen LogP contribution in [0.1, 0.15) is 144 Å². The van der Waals surface area contributed by atoms with Crippen LogP contribution in [0.3, 0.4) is 0 Å². The lowest BCUT2D eigenvalue weighted by atomic mass is 9.80. The topological polar surface area (TPSA) is 570 Å². The van der Waals surface area contributed by atoms with E-state index < -0.39 is 67.7 Å². The van der Waals surface area contributed by atoms with Gasteiger partial charge in [0, 0.05) is 100 Å². The number of nitro groups is 2. The van der Waals surface area contributed by atoms with Crippen LogP contribution in [0, 0.1) is 64.3 Å². The second-order valence-electron chi connectivity index (χ2n) is 29.4. The molecule has 1 atom stereocenters. The Balaban J connectivity index is 0.000000748. The summed E-state index contributed by atoms with van der Waals surface area (Å²) in [4.78, 5) is 62.6. The van der Waals surface area contributed by atoms with Crippen LogP contribution in [0.4, 0.5) is 37.1 Å². The number of nitrogen functional groups attached to an aromatic ring is 2. The molecule has 0 aromatic heterocycles. The summed E-state index contributed by atoms with van der Waals surface area (Å²) in [6.45, 7) is 29.1. The number of nitrogens with zero attached hydrogens (tertiary/aromatic N) is 6. The van der Waals surface area contributed by atoms with E-state index in [0.29, 0.717) is 83.3 Å². The van der Waals surface area contributed by atoms with E-state index in [1.54, 1.807) is 108 Å². The Hall–Kier alpha value is -13.0. The summed E-state index contributed by atoms with van der Waals surface area (Å²) in [5.41, 5.74) is 25.7. The molecule has 2 saturated heterocycles. The first-order valence-corrected chi connectivity index (χ1v) is 43.0. The smallest absolute Gasteiger partial charge is 0.494 e. The monoisotopic (exact) mass is 1960 g/mol. The number of hydrogen-bond donors (Lipinski definition) is 9. The molecule has 2 radical (unpaired) electrons. The largest absolute Gasteiger partial charge is 0.519 e. The summed E-state index contributed by atoms with van der Waals surface area (Å²) in [6.07, 6.45) is 2.17. The number of carbonyl (C=O) groups is 3. The lowest BCUT2D eigenvalue weighted by Gasteiger charge is -2.20. The molecule has 2 fully saturated rings. The van der Waals surface area contributed by atoms with Crippen molar-refractivity contribution in [2.24, 2.45) is 5.73 Å². The van der Waals surface area contributed by atoms with Crippen molar-refractivity contribution in [3.8, 4) is 74.6 Å². The van der Waals surface area contributed by atoms with Gasteiger partial charge >= 0.3 is 35.9 Å². The van der Waals surface area contributed by atoms with E-state index in [1.807, 2.05) is 170 Å². The SMILES string of the molecule is C1CCOC1.CC(C)(C)OC(=O)OC(=O)OC(C)(C)C.CCOc1ccccc1-c1ccc(C#N)cc1[N+](=O)[O-].CCOc1ccccc1-c1ccc(CN)cc1N.CCOc1ccccc1-c1ccc(CNC(=O)OC(C)(C)C)cc1N.CCOc1ccccc1B(O)O.N#Cc1ccc(Br)c([N+](=O)[O-])c1.N#Cc1ccc(Br)cc1.O=S(=O)(O)O.O=[N+]([O-])O.[B]C1CCCO1. The van der Waals surface area contributed by atoms with Gasteiger partial charge in [-0.05, 0) is 228 Å². The van der Waals surface area contributed by atoms with Crippen molar-refractivity contribution in [3.05, 3.63) is 261 Å². The molecule has 2 aliphatic rings. The molecule has 36 nitrogen and oxygen atoms in total. The number of nitro benzene ring substituents is 2. The van der Waals surface area contributed by atoms with Crippen molar-refractivity contribution in [1.29, 1.82) is 15.8 Å². The van der Waals surface area contributed by atoms with Crippen LogP contribution in [-0.4, -0.2) is 150 Å². The van der Waals surface area contributed by atoms with E-state index in [2.05, 4.69) is 41.9 Å². The molecule has 702 valence electrons. The minimum Gasteiger partial charge on any atom is -0.494 e. The molecule has 2 aliphatic heterocycles. The number of nitriles is 3. The van der Waals surface area contributed by atoms with Gasteiger partial charge in [0.05, 0.1) is 81.2 Å². The van der Waals surface area contributed by atoms with Gasteiger partial charge in [0.1, 0.15) is 47.6 Å². The number of ether oxygens (including phenoxy) is 10. The first kappa shape index (κ1) is 116. The maximum Gasteiger partial charge on any atom is 0.519 e. The molecule has 1 amide bonds. The van der Waals surface area contributed by atoms with Crippen LogP contribution in [0.25, 0.3) is 33.4 Å². The third-order valence-corrected chi connectivity index (χ3v) is 16.7. The number of benzene rings is 9. The number of anilines is 2. The number of para-hydroxylation sites is 4. The maximum atomic E-state index is 11.7. The Labute approximate surface area is 780 Å². The van der Waals surface area contributed by atoms with Gasteiger partial charge in [0.25, 0.3) is 16.5 Å². The molecule has 131 heavy (non-hydrogen) atoms. The lowest BCUT2D eigenvalue weighted by Crippen LogP contribution is -2.32. The molecule has 1 unspecified atom stereocenters. The number of rotatable bonds is 17. The Morgan fingerprint density at radius 1 is 0.527 bits per heavy atom. The predicted octanol–water partition coefficient (Wildman–Crippen LogP) is 18.0. The zero-order valence-corrected chi connectivity index (χ0v) is 78.8. The fraction of sp³-hybridized carbons (Fsp3) is 0.333. The van der Waals surface area contributed by atoms with Crippen LogP contribution in [0.5, 0.6) is 23.0 Å². The van der Waals surface area contributed by atoms with Crippen molar-refractivity contribution in [1.82, 2.24) is 5.32 Å². The van der Waals surface area contributed by atoms with E-state index in [1.165, 1.54) is 37.1 Å². The Kier molecular flexibility index (Phi) is 54.5. The van der Waals surface area contributed by atoms with Gasteiger partial charge in [-0.3, -0.25) is 29.3 Å². The Morgan fingerprint density at radius 2 is 0.893 bits per heavy atom. The molecule has 2 heterocycles. The van der Waals surface area contributed by atoms with Crippen molar-refractivity contribution in [2.45, 2.75) is 152 Å². The minimum absolute atomic E-state index is 0.0463. The van der Waals surface area contributed by atoms with E-state index >= 15 is 0 Å². The Morgan fingerprint density at radius 3 is 1.24 bits per heavy atom. The van der Waals surface area contributed by atoms with Crippen molar-refractivity contribution in [2.75, 3.05) is 57.7 Å². The van der Waals surface area contributed by atoms with E-state index in [0.717, 1.165) is 87.7 Å². The minimum atomic E-state index is -4.67. The zero-order chi connectivity index (χ0) is 99.0. The summed E-state index contributed by atoms with van der Waals surface area (Å²) < 4.78 is 83.8. The molecule has 0 aliphatic carbocycles. The highest BCUT2D eigenvalue weighted by atomic mass is 79.9. The fourth-order valence-electron chi connectivity index (χ4n) is 10.3. The average Bonchev–Trinajstić information content (AvgIpc) is 0.899. The number of carbonyl (C=O) groups excluding carboxylic acids is 3. The lowest BCUT2D eigenvalue weighted by molar-refractivity contribution is -0.742. The molecule has 0 saturated carbocycles. The van der Waals surface area contributed by atoms with Gasteiger partial charge in [0.15, 0.2) is 0 Å². The molecule has 9 aromatic rings. The van der Waals surface area contributed by atoms with Crippen LogP contribution in [0.15, 0.2) is 203 Å². The van der Waals surface area contributed by atoms with Gasteiger partial charge in [-0.25, -0.2) is 14.4 Å². The number of nitrogens with one attached hydrogen (secondary N) is 1. The van der Waals surface area contributed by atoms with Gasteiger partial charge in [-0.15, -0.1) is 10.1 Å². The number of hydrogen-bond acceptors (Lipinski definition) is 29. The molecule has 12 N–H and O–H groups in total. The summed E-state index contributed by atoms with van der Waals surface area (Å²) in [6, 6.07) is 63.0. The number of halogens is 2. The average molecular weight is 1960 g/mol. The highest BCUT2D eigenvalue weighted by Crippen LogP contribution is 2.39. The standard InChI is InChI=1S/C20H26N2O3.C15H12N2O3.C15H18N2O.C10H18O5.C8H11BO3.C7H3BrN2O2.C7H4BrN.C4H7BO.C4H8O.HNO3.H2O4S/c1-5-24-18-9-7-6-8-16(18)15-11-10-14(12-17(15)21)13-22-19(23)25-20(2,3)4;1-2-20-15-6-4-3-5-13(15)12-8-7-11(10-16)9-14(12)17(18)19;1-2-18-15-6-4-3-5-13(15)12-8-7-11(10-16)9-14(12)17;1-9(2,3)14-7(11)13-8(12)15-10(4,5)6;1-2-12-8-6-4-3-5-7(8)9(10)11;8-6-2-1-5(4-9)3-7(6)10(11)12;8-7-3-1-6(5-9)2-4-7;5-4-2-1-3-6-4;1-2-4-5-3-1;2-1(3)4;1-5(2,3)4/h6-12H,5,13,21H2,1-4H3,(H,22,23);3-9H,2H2,1H3;3-9H,2,10,16-17H2,1H3;1-6H3;3-6,10-11H,2H2,1H3;1-3H;1-4H;4H,1-3H2;1-4H2;(H,2,3,4);(H2,1,2,3,4). The van der Waals surface area contributed by atoms with E-state index in [4.69, 9.17) is 126 Å². The van der Waals surface area contributed by atoms with Crippen LogP contribution >= 0.6 is 31.9 Å². The summed E-state index contributed by atoms with van der Waals surface area (Å²) in [7, 11) is -0.819. The van der Waals surface area contributed by atoms with Gasteiger partial charge in [-0.1, -0.05) is 113 Å². The normalized spacial score (nSPS) is 11.8. The quantitative estimate of drug-likeness (QED) is 0.00597. The molecule has 41 heteroatoms. The number of alkyl carbamates (subject to hydrolysis) is 1. The molecule has 11 rings (SSSR count). The second-order valence-corrected chi connectivity index (χ2v) is 32.0. The van der Waals surface area contributed by atoms with Crippen molar-refractivity contribution in [3.63, 3.8) is 0 Å². The first-order valence-electron chi connectivity index (χ1n) is 40.1. The fourth-order valence-corrected chi connectivity index (χ4v) is 10.9. The first-order chi connectivity index (χ1) is 61.6. The van der Waals surface area contributed by atoms with Crippen LogP contribution < -0.4 is 46.9 Å². The molecule has 0 bridgehead atoms. The number of nitrogens with two attached hydrogens (primary N) is 3. The van der Waals surface area contributed by atoms with Crippen LogP contribution in [-0.2, 0) is 51.9 Å². The highest BCUT2D eigenvalue weighted by Gasteiger charge is 2.26. The molecule has 9 aromatic carbocycles. The second kappa shape index (κ2) is 61.5. The van der Waals surface area contributed by atoms with E-state index in [9.17, 15) is 34.6 Å².